The van der Waals surface area contributed by atoms with Crippen LogP contribution in [0.2, 0.25) is 0 Å². The molecule has 7 heteroatoms. The van der Waals surface area contributed by atoms with E-state index in [1.165, 1.54) is 5.01 Å². The second-order valence-corrected chi connectivity index (χ2v) is 7.20. The van der Waals surface area contributed by atoms with E-state index in [2.05, 4.69) is 5.10 Å². The van der Waals surface area contributed by atoms with E-state index in [-0.39, 0.29) is 31.2 Å². The topological polar surface area (TPSA) is 91.3 Å². The number of aliphatic carboxylic acids is 1. The Kier molecular flexibility index (Phi) is 6.72. The Labute approximate surface area is 175 Å². The van der Waals surface area contributed by atoms with Crippen LogP contribution < -0.4 is 14.6 Å². The number of ether oxygens (including phenoxy) is 2. The number of carbonyl (C=O) groups is 2. The highest BCUT2D eigenvalue weighted by Gasteiger charge is 2.34. The zero-order valence-electron chi connectivity index (χ0n) is 17.4. The molecule has 0 aliphatic carbocycles. The highest BCUT2D eigenvalue weighted by molar-refractivity contribution is 6.03. The molecule has 0 N–H and O–H groups in total. The van der Waals surface area contributed by atoms with Crippen LogP contribution in [-0.2, 0) is 9.59 Å². The molecule has 0 saturated heterocycles. The van der Waals surface area contributed by atoms with Gasteiger partial charge in [0.2, 0.25) is 5.91 Å². The Bertz CT molecular complexity index is 953. The van der Waals surface area contributed by atoms with Gasteiger partial charge in [0, 0.05) is 24.4 Å². The first kappa shape index (κ1) is 21.4. The zero-order chi connectivity index (χ0) is 21.7. The molecule has 2 aromatic rings. The molecule has 1 aliphatic rings. The molecule has 158 valence electrons. The van der Waals surface area contributed by atoms with Crippen molar-refractivity contribution >= 4 is 17.6 Å². The first-order chi connectivity index (χ1) is 14.4. The summed E-state index contributed by atoms with van der Waals surface area (Å²) in [6.07, 6.45) is 0.622. The van der Waals surface area contributed by atoms with Crippen LogP contribution in [0.15, 0.2) is 47.6 Å². The fourth-order valence-electron chi connectivity index (χ4n) is 3.50. The smallest absolute Gasteiger partial charge is 0.243 e. The molecule has 0 radical (unpaired) electrons. The van der Waals surface area contributed by atoms with Crippen molar-refractivity contribution in [3.63, 3.8) is 0 Å². The molecule has 1 atom stereocenters. The fourth-order valence-corrected chi connectivity index (χ4v) is 3.50. The third-order valence-corrected chi connectivity index (χ3v) is 5.12. The Hall–Kier alpha value is -3.35. The molecule has 1 heterocycles. The Morgan fingerprint density at radius 1 is 1.10 bits per heavy atom. The van der Waals surface area contributed by atoms with E-state index < -0.39 is 5.97 Å². The van der Waals surface area contributed by atoms with Crippen molar-refractivity contribution in [3.05, 3.63) is 59.2 Å². The summed E-state index contributed by atoms with van der Waals surface area (Å²) in [7, 11) is 3.16. The molecule has 3 rings (SSSR count). The van der Waals surface area contributed by atoms with Gasteiger partial charge in [-0.05, 0) is 43.5 Å². The summed E-state index contributed by atoms with van der Waals surface area (Å²) < 4.78 is 10.9. The largest absolute Gasteiger partial charge is 0.550 e. The third kappa shape index (κ3) is 4.79. The molecule has 0 aromatic heterocycles. The van der Waals surface area contributed by atoms with Gasteiger partial charge in [0.1, 0.15) is 11.5 Å². The van der Waals surface area contributed by atoms with Crippen LogP contribution in [0, 0.1) is 6.92 Å². The van der Waals surface area contributed by atoms with Gasteiger partial charge in [-0.25, -0.2) is 5.01 Å². The van der Waals surface area contributed by atoms with Crippen LogP contribution in [0.5, 0.6) is 11.5 Å². The van der Waals surface area contributed by atoms with E-state index in [9.17, 15) is 14.7 Å². The molecule has 1 amide bonds. The standard InChI is InChI=1S/C23H26N2O5/c1-15-7-9-16(10-8-15)19-14-20(18-13-17(29-2)11-12-21(18)30-3)25(24-19)22(26)5-4-6-23(27)28/h7-13,20H,4-6,14H2,1-3H3,(H,27,28)/p-1/t20-/m0/s1. The SMILES string of the molecule is COc1ccc(OC)c([C@@H]2CC(c3ccc(C)cc3)=NN2C(=O)CCCC(=O)[O-])c1. The summed E-state index contributed by atoms with van der Waals surface area (Å²) in [4.78, 5) is 23.6. The van der Waals surface area contributed by atoms with E-state index >= 15 is 0 Å². The van der Waals surface area contributed by atoms with Crippen molar-refractivity contribution in [2.45, 2.75) is 38.6 Å². The first-order valence-corrected chi connectivity index (χ1v) is 9.81. The van der Waals surface area contributed by atoms with Gasteiger partial charge >= 0.3 is 0 Å². The van der Waals surface area contributed by atoms with E-state index in [1.54, 1.807) is 26.4 Å². The average Bonchev–Trinajstić information content (AvgIpc) is 3.18. The maximum atomic E-state index is 12.9. The summed E-state index contributed by atoms with van der Waals surface area (Å²) in [6.45, 7) is 2.01. The number of amides is 1. The summed E-state index contributed by atoms with van der Waals surface area (Å²) in [6, 6.07) is 13.0. The Morgan fingerprint density at radius 2 is 1.83 bits per heavy atom. The molecule has 0 bridgehead atoms. The minimum atomic E-state index is -1.17. The van der Waals surface area contributed by atoms with Gasteiger partial charge in [-0.15, -0.1) is 0 Å². The average molecular weight is 409 g/mol. The summed E-state index contributed by atoms with van der Waals surface area (Å²) in [5.74, 6) is -0.125. The van der Waals surface area contributed by atoms with E-state index in [0.29, 0.717) is 17.9 Å². The number of benzene rings is 2. The predicted molar refractivity (Wildman–Crippen MR) is 110 cm³/mol. The number of carboxylic acid groups (broad SMARTS) is 1. The predicted octanol–water partition coefficient (Wildman–Crippen LogP) is 2.61. The van der Waals surface area contributed by atoms with Crippen LogP contribution in [0.4, 0.5) is 0 Å². The molecular weight excluding hydrogens is 384 g/mol. The van der Waals surface area contributed by atoms with Crippen molar-refractivity contribution in [2.75, 3.05) is 14.2 Å². The number of hydrazone groups is 1. The minimum Gasteiger partial charge on any atom is -0.550 e. The molecule has 7 nitrogen and oxygen atoms in total. The van der Waals surface area contributed by atoms with Crippen LogP contribution in [0.3, 0.4) is 0 Å². The zero-order valence-corrected chi connectivity index (χ0v) is 17.4. The second-order valence-electron chi connectivity index (χ2n) is 7.20. The minimum absolute atomic E-state index is 0.0709. The number of aryl methyl sites for hydroxylation is 1. The number of carboxylic acids is 1. The number of hydrogen-bond acceptors (Lipinski definition) is 6. The molecule has 1 aliphatic heterocycles. The Balaban J connectivity index is 1.95. The van der Waals surface area contributed by atoms with Crippen molar-refractivity contribution in [3.8, 4) is 11.5 Å². The molecule has 0 saturated carbocycles. The number of carbonyl (C=O) groups excluding carboxylic acids is 2. The molecular formula is C23H25N2O5-. The van der Waals surface area contributed by atoms with Gasteiger partial charge in [-0.1, -0.05) is 29.8 Å². The second kappa shape index (κ2) is 9.43. The molecule has 0 spiro atoms. The summed E-state index contributed by atoms with van der Waals surface area (Å²) in [5, 5.41) is 16.8. The number of methoxy groups -OCH3 is 2. The lowest BCUT2D eigenvalue weighted by molar-refractivity contribution is -0.305. The van der Waals surface area contributed by atoms with Crippen LogP contribution in [-0.4, -0.2) is 36.8 Å². The van der Waals surface area contributed by atoms with Gasteiger partial charge in [0.25, 0.3) is 0 Å². The van der Waals surface area contributed by atoms with Crippen molar-refractivity contribution in [1.82, 2.24) is 5.01 Å². The van der Waals surface area contributed by atoms with E-state index in [0.717, 1.165) is 22.4 Å². The number of hydrogen-bond donors (Lipinski definition) is 0. The third-order valence-electron chi connectivity index (χ3n) is 5.12. The first-order valence-electron chi connectivity index (χ1n) is 9.81. The lowest BCUT2D eigenvalue weighted by atomic mass is 9.96. The van der Waals surface area contributed by atoms with Gasteiger partial charge in [0.15, 0.2) is 0 Å². The van der Waals surface area contributed by atoms with Gasteiger partial charge in [-0.3, -0.25) is 4.79 Å². The van der Waals surface area contributed by atoms with Crippen LogP contribution in [0.25, 0.3) is 0 Å². The number of nitrogens with zero attached hydrogens (tertiary/aromatic N) is 2. The highest BCUT2D eigenvalue weighted by Crippen LogP contribution is 2.39. The fraction of sp³-hybridized carbons (Fsp3) is 0.348. The Morgan fingerprint density at radius 3 is 2.47 bits per heavy atom. The summed E-state index contributed by atoms with van der Waals surface area (Å²) in [5.41, 5.74) is 3.66. The van der Waals surface area contributed by atoms with Crippen LogP contribution >= 0.6 is 0 Å². The molecule has 0 fully saturated rings. The normalized spacial score (nSPS) is 15.6. The molecule has 0 unspecified atom stereocenters. The maximum absolute atomic E-state index is 12.9. The van der Waals surface area contributed by atoms with E-state index in [4.69, 9.17) is 9.47 Å². The van der Waals surface area contributed by atoms with Crippen molar-refractivity contribution in [2.24, 2.45) is 5.10 Å². The monoisotopic (exact) mass is 409 g/mol. The summed E-state index contributed by atoms with van der Waals surface area (Å²) >= 11 is 0. The highest BCUT2D eigenvalue weighted by atomic mass is 16.5. The maximum Gasteiger partial charge on any atom is 0.243 e. The van der Waals surface area contributed by atoms with Gasteiger partial charge in [0.05, 0.1) is 26.0 Å². The lowest BCUT2D eigenvalue weighted by Crippen LogP contribution is -2.28. The molecule has 30 heavy (non-hydrogen) atoms. The lowest BCUT2D eigenvalue weighted by Gasteiger charge is -2.24. The quantitative estimate of drug-likeness (QED) is 0.668. The molecule has 2 aromatic carbocycles. The van der Waals surface area contributed by atoms with Crippen molar-refractivity contribution in [1.29, 1.82) is 0 Å². The van der Waals surface area contributed by atoms with Gasteiger partial charge in [-0.2, -0.15) is 5.10 Å². The van der Waals surface area contributed by atoms with Crippen LogP contribution in [0.1, 0.15) is 48.4 Å². The number of rotatable bonds is 8. The van der Waals surface area contributed by atoms with Gasteiger partial charge < -0.3 is 19.4 Å². The van der Waals surface area contributed by atoms with Crippen molar-refractivity contribution < 1.29 is 24.2 Å². The van der Waals surface area contributed by atoms with E-state index in [1.807, 2.05) is 37.3 Å².